The third kappa shape index (κ3) is 2.59. The van der Waals surface area contributed by atoms with E-state index in [4.69, 9.17) is 11.6 Å². The Kier molecular flexibility index (Phi) is 3.76. The van der Waals surface area contributed by atoms with Gasteiger partial charge in [-0.05, 0) is 56.5 Å². The van der Waals surface area contributed by atoms with Gasteiger partial charge in [0.1, 0.15) is 0 Å². The molecule has 2 aromatic heterocycles. The molecule has 0 atom stereocenters. The molecule has 0 bridgehead atoms. The van der Waals surface area contributed by atoms with Crippen LogP contribution in [0.2, 0.25) is 5.02 Å². The van der Waals surface area contributed by atoms with Gasteiger partial charge in [-0.2, -0.15) is 5.10 Å². The molecule has 3 aromatic rings. The number of aryl methyl sites for hydroxylation is 4. The third-order valence-corrected chi connectivity index (χ3v) is 4.97. The van der Waals surface area contributed by atoms with E-state index in [0.717, 1.165) is 46.5 Å². The number of pyridine rings is 1. The summed E-state index contributed by atoms with van der Waals surface area (Å²) in [5.41, 5.74) is 5.11. The van der Waals surface area contributed by atoms with Gasteiger partial charge in [-0.15, -0.1) is 0 Å². The van der Waals surface area contributed by atoms with E-state index in [1.807, 2.05) is 50.1 Å². The van der Waals surface area contributed by atoms with Crippen molar-refractivity contribution >= 4 is 34.2 Å². The van der Waals surface area contributed by atoms with Gasteiger partial charge in [0.15, 0.2) is 5.65 Å². The number of carbonyl (C=O) groups excluding carboxylic acids is 1. The summed E-state index contributed by atoms with van der Waals surface area (Å²) in [7, 11) is 1.86. The van der Waals surface area contributed by atoms with Crippen molar-refractivity contribution in [2.45, 2.75) is 26.7 Å². The van der Waals surface area contributed by atoms with E-state index in [0.29, 0.717) is 17.1 Å². The Morgan fingerprint density at radius 3 is 2.84 bits per heavy atom. The highest BCUT2D eigenvalue weighted by Gasteiger charge is 2.27. The Morgan fingerprint density at radius 2 is 2.04 bits per heavy atom. The first-order chi connectivity index (χ1) is 12.0. The zero-order valence-electron chi connectivity index (χ0n) is 14.5. The Bertz CT molecular complexity index is 1010. The van der Waals surface area contributed by atoms with Gasteiger partial charge >= 0.3 is 0 Å². The van der Waals surface area contributed by atoms with Gasteiger partial charge in [0.25, 0.3) is 5.91 Å². The van der Waals surface area contributed by atoms with Gasteiger partial charge in [-0.3, -0.25) is 9.48 Å². The minimum Gasteiger partial charge on any atom is -0.308 e. The summed E-state index contributed by atoms with van der Waals surface area (Å²) >= 11 is 6.12. The van der Waals surface area contributed by atoms with Crippen LogP contribution in [0.15, 0.2) is 24.3 Å². The second-order valence-electron chi connectivity index (χ2n) is 6.55. The first kappa shape index (κ1) is 16.1. The number of anilines is 1. The second kappa shape index (κ2) is 5.85. The highest BCUT2D eigenvalue weighted by molar-refractivity contribution is 6.30. The SMILES string of the molecule is Cc1cc(C(=O)N2CCCc3cc(Cl)ccc32)c2c(C)nn(C)c2n1. The quantitative estimate of drug-likeness (QED) is 0.667. The van der Waals surface area contributed by atoms with Gasteiger partial charge in [-0.25, -0.2) is 4.98 Å². The van der Waals surface area contributed by atoms with Crippen LogP contribution in [0, 0.1) is 13.8 Å². The highest BCUT2D eigenvalue weighted by atomic mass is 35.5. The summed E-state index contributed by atoms with van der Waals surface area (Å²) in [6, 6.07) is 7.60. The number of hydrogen-bond donors (Lipinski definition) is 0. The van der Waals surface area contributed by atoms with Crippen LogP contribution in [-0.4, -0.2) is 27.2 Å². The topological polar surface area (TPSA) is 51.0 Å². The summed E-state index contributed by atoms with van der Waals surface area (Å²) < 4.78 is 1.73. The second-order valence-corrected chi connectivity index (χ2v) is 6.99. The number of amides is 1. The molecule has 1 amide bonds. The molecular formula is C19H19ClN4O. The number of aromatic nitrogens is 3. The van der Waals surface area contributed by atoms with Gasteiger partial charge < -0.3 is 4.90 Å². The molecule has 0 radical (unpaired) electrons. The summed E-state index contributed by atoms with van der Waals surface area (Å²) in [5, 5.41) is 5.98. The Morgan fingerprint density at radius 1 is 1.24 bits per heavy atom. The Labute approximate surface area is 151 Å². The molecular weight excluding hydrogens is 336 g/mol. The molecule has 1 aliphatic heterocycles. The lowest BCUT2D eigenvalue weighted by molar-refractivity contribution is 0.0986. The molecule has 0 N–H and O–H groups in total. The smallest absolute Gasteiger partial charge is 0.259 e. The van der Waals surface area contributed by atoms with Crippen molar-refractivity contribution in [2.24, 2.45) is 7.05 Å². The van der Waals surface area contributed by atoms with Gasteiger partial charge in [0.05, 0.1) is 16.6 Å². The molecule has 4 rings (SSSR count). The predicted molar refractivity (Wildman–Crippen MR) is 99.4 cm³/mol. The van der Waals surface area contributed by atoms with E-state index < -0.39 is 0 Å². The van der Waals surface area contributed by atoms with Crippen LogP contribution in [0.4, 0.5) is 5.69 Å². The lowest BCUT2D eigenvalue weighted by Gasteiger charge is -2.30. The fourth-order valence-corrected chi connectivity index (χ4v) is 3.86. The number of hydrogen-bond acceptors (Lipinski definition) is 3. The van der Waals surface area contributed by atoms with Crippen molar-refractivity contribution in [2.75, 3.05) is 11.4 Å². The van der Waals surface area contributed by atoms with Crippen LogP contribution in [0.5, 0.6) is 0 Å². The molecule has 1 aromatic carbocycles. The molecule has 0 saturated carbocycles. The predicted octanol–water partition coefficient (Wildman–Crippen LogP) is 3.83. The Balaban J connectivity index is 1.87. The minimum absolute atomic E-state index is 0.00475. The van der Waals surface area contributed by atoms with Crippen LogP contribution in [0.1, 0.15) is 33.7 Å². The maximum absolute atomic E-state index is 13.4. The zero-order valence-corrected chi connectivity index (χ0v) is 15.3. The summed E-state index contributed by atoms with van der Waals surface area (Å²) in [6.07, 6.45) is 1.87. The van der Waals surface area contributed by atoms with E-state index in [2.05, 4.69) is 10.1 Å². The van der Waals surface area contributed by atoms with Gasteiger partial charge in [-0.1, -0.05) is 11.6 Å². The van der Waals surface area contributed by atoms with E-state index in [9.17, 15) is 4.79 Å². The normalized spacial score (nSPS) is 14.0. The van der Waals surface area contributed by atoms with Crippen molar-refractivity contribution in [1.29, 1.82) is 0 Å². The molecule has 0 unspecified atom stereocenters. The molecule has 0 saturated heterocycles. The molecule has 3 heterocycles. The third-order valence-electron chi connectivity index (χ3n) is 4.73. The van der Waals surface area contributed by atoms with E-state index >= 15 is 0 Å². The van der Waals surface area contributed by atoms with Crippen molar-refractivity contribution in [3.05, 3.63) is 51.8 Å². The molecule has 128 valence electrons. The highest BCUT2D eigenvalue weighted by Crippen LogP contribution is 2.32. The first-order valence-corrected chi connectivity index (χ1v) is 8.75. The van der Waals surface area contributed by atoms with Crippen molar-refractivity contribution in [3.63, 3.8) is 0 Å². The van der Waals surface area contributed by atoms with Crippen LogP contribution in [0.3, 0.4) is 0 Å². The molecule has 0 aliphatic carbocycles. The van der Waals surface area contributed by atoms with Crippen LogP contribution >= 0.6 is 11.6 Å². The van der Waals surface area contributed by atoms with Crippen LogP contribution in [0.25, 0.3) is 11.0 Å². The average molecular weight is 355 g/mol. The average Bonchev–Trinajstić information content (AvgIpc) is 2.86. The molecule has 1 aliphatic rings. The van der Waals surface area contributed by atoms with E-state index in [1.165, 1.54) is 0 Å². The molecule has 25 heavy (non-hydrogen) atoms. The minimum atomic E-state index is -0.00475. The lowest BCUT2D eigenvalue weighted by atomic mass is 10.00. The van der Waals surface area contributed by atoms with Crippen molar-refractivity contribution < 1.29 is 4.79 Å². The van der Waals surface area contributed by atoms with E-state index in [-0.39, 0.29) is 5.91 Å². The summed E-state index contributed by atoms with van der Waals surface area (Å²) in [6.45, 7) is 4.53. The summed E-state index contributed by atoms with van der Waals surface area (Å²) in [4.78, 5) is 19.8. The standard InChI is InChI=1S/C19H19ClN4O/c1-11-9-15(17-12(2)22-23(3)18(17)21-11)19(25)24-8-4-5-13-10-14(20)6-7-16(13)24/h6-7,9-10H,4-5,8H2,1-3H3. The number of rotatable bonds is 1. The zero-order chi connectivity index (χ0) is 17.7. The largest absolute Gasteiger partial charge is 0.308 e. The fourth-order valence-electron chi connectivity index (χ4n) is 3.66. The van der Waals surface area contributed by atoms with E-state index in [1.54, 1.807) is 4.68 Å². The molecule has 6 heteroatoms. The van der Waals surface area contributed by atoms with Crippen LogP contribution < -0.4 is 4.90 Å². The number of fused-ring (bicyclic) bond motifs is 2. The summed E-state index contributed by atoms with van der Waals surface area (Å²) in [5.74, 6) is -0.00475. The first-order valence-electron chi connectivity index (χ1n) is 8.37. The van der Waals surface area contributed by atoms with Crippen molar-refractivity contribution in [3.8, 4) is 0 Å². The molecule has 0 fully saturated rings. The maximum atomic E-state index is 13.4. The number of carbonyl (C=O) groups is 1. The molecule has 0 spiro atoms. The molecule has 5 nitrogen and oxygen atoms in total. The lowest BCUT2D eigenvalue weighted by Crippen LogP contribution is -2.35. The number of halogens is 1. The monoisotopic (exact) mass is 354 g/mol. The maximum Gasteiger partial charge on any atom is 0.259 e. The van der Waals surface area contributed by atoms with Gasteiger partial charge in [0.2, 0.25) is 0 Å². The van der Waals surface area contributed by atoms with Crippen LogP contribution in [-0.2, 0) is 13.5 Å². The number of benzene rings is 1. The van der Waals surface area contributed by atoms with Crippen molar-refractivity contribution in [1.82, 2.24) is 14.8 Å². The number of nitrogens with zero attached hydrogens (tertiary/aromatic N) is 4. The Hall–Kier alpha value is -2.40. The fraction of sp³-hybridized carbons (Fsp3) is 0.316. The van der Waals surface area contributed by atoms with Gasteiger partial charge in [0, 0.05) is 30.0 Å².